The average Bonchev–Trinajstić information content (AvgIpc) is 2.59. The lowest BCUT2D eigenvalue weighted by atomic mass is 10.1. The third-order valence-corrected chi connectivity index (χ3v) is 3.45. The van der Waals surface area contributed by atoms with Crippen LogP contribution in [0.5, 0.6) is 11.5 Å². The molecular formula is C18H14F3NO3. The van der Waals surface area contributed by atoms with Gasteiger partial charge in [0.2, 0.25) is 5.91 Å². The molecule has 0 atom stereocenters. The Morgan fingerprint density at radius 1 is 1.04 bits per heavy atom. The maximum Gasteiger partial charge on any atom is 0.416 e. The predicted octanol–water partition coefficient (Wildman–Crippen LogP) is 4.13. The van der Waals surface area contributed by atoms with E-state index in [-0.39, 0.29) is 5.56 Å². The summed E-state index contributed by atoms with van der Waals surface area (Å²) in [5.74, 6) is 0.670. The number of nitrogens with one attached hydrogen (secondary N) is 1. The maximum absolute atomic E-state index is 12.7. The minimum absolute atomic E-state index is 0.284. The Bertz CT molecular complexity index is 815. The van der Waals surface area contributed by atoms with Crippen LogP contribution >= 0.6 is 0 Å². The summed E-state index contributed by atoms with van der Waals surface area (Å²) in [5.41, 5.74) is 0.0250. The lowest BCUT2D eigenvalue weighted by Gasteiger charge is -2.18. The number of rotatable bonds is 3. The van der Waals surface area contributed by atoms with Gasteiger partial charge in [0.05, 0.1) is 5.56 Å². The number of halogens is 3. The van der Waals surface area contributed by atoms with Crippen LogP contribution in [0.4, 0.5) is 18.9 Å². The highest BCUT2D eigenvalue weighted by atomic mass is 19.4. The van der Waals surface area contributed by atoms with Gasteiger partial charge in [-0.25, -0.2) is 0 Å². The first-order valence-corrected chi connectivity index (χ1v) is 7.48. The summed E-state index contributed by atoms with van der Waals surface area (Å²) >= 11 is 0. The van der Waals surface area contributed by atoms with Crippen molar-refractivity contribution in [3.8, 4) is 11.5 Å². The molecule has 0 aromatic heterocycles. The number of carbonyl (C=O) groups excluding carboxylic acids is 1. The Hall–Kier alpha value is -2.96. The van der Waals surface area contributed by atoms with Gasteiger partial charge in [-0.3, -0.25) is 4.79 Å². The fourth-order valence-electron chi connectivity index (χ4n) is 2.30. The van der Waals surface area contributed by atoms with E-state index in [0.29, 0.717) is 30.4 Å². The number of fused-ring (bicyclic) bond motifs is 1. The van der Waals surface area contributed by atoms with Crippen molar-refractivity contribution in [2.45, 2.75) is 6.18 Å². The van der Waals surface area contributed by atoms with Gasteiger partial charge in [-0.2, -0.15) is 13.2 Å². The van der Waals surface area contributed by atoms with Gasteiger partial charge < -0.3 is 14.8 Å². The molecule has 3 rings (SSSR count). The lowest BCUT2D eigenvalue weighted by molar-refractivity contribution is -0.137. The van der Waals surface area contributed by atoms with Crippen LogP contribution in [0.2, 0.25) is 0 Å². The minimum Gasteiger partial charge on any atom is -0.486 e. The monoisotopic (exact) mass is 349 g/mol. The first-order chi connectivity index (χ1) is 11.9. The Morgan fingerprint density at radius 2 is 1.80 bits per heavy atom. The molecule has 0 radical (unpaired) electrons. The quantitative estimate of drug-likeness (QED) is 0.848. The molecule has 4 nitrogen and oxygen atoms in total. The van der Waals surface area contributed by atoms with Crippen LogP contribution in [0.25, 0.3) is 6.08 Å². The number of ether oxygens (including phenoxy) is 2. The van der Waals surface area contributed by atoms with Crippen molar-refractivity contribution in [2.75, 3.05) is 18.5 Å². The fraction of sp³-hybridized carbons (Fsp3) is 0.167. The number of alkyl halides is 3. The average molecular weight is 349 g/mol. The Balaban J connectivity index is 1.67. The van der Waals surface area contributed by atoms with Crippen LogP contribution in [0.1, 0.15) is 11.1 Å². The zero-order chi connectivity index (χ0) is 17.9. The van der Waals surface area contributed by atoms with Crippen LogP contribution < -0.4 is 14.8 Å². The second kappa shape index (κ2) is 6.88. The number of anilines is 1. The molecule has 2 aromatic rings. The van der Waals surface area contributed by atoms with Gasteiger partial charge in [0.1, 0.15) is 13.2 Å². The van der Waals surface area contributed by atoms with Crippen molar-refractivity contribution in [1.29, 1.82) is 0 Å². The number of amides is 1. The topological polar surface area (TPSA) is 47.6 Å². The molecule has 7 heteroatoms. The summed E-state index contributed by atoms with van der Waals surface area (Å²) in [6.07, 6.45) is -1.92. The van der Waals surface area contributed by atoms with Gasteiger partial charge in [0.25, 0.3) is 0 Å². The summed E-state index contributed by atoms with van der Waals surface area (Å²) in [7, 11) is 0. The van der Waals surface area contributed by atoms with E-state index in [1.165, 1.54) is 24.3 Å². The van der Waals surface area contributed by atoms with E-state index in [4.69, 9.17) is 9.47 Å². The molecule has 0 fully saturated rings. The van der Waals surface area contributed by atoms with Crippen LogP contribution in [-0.4, -0.2) is 19.1 Å². The van der Waals surface area contributed by atoms with E-state index in [1.54, 1.807) is 18.2 Å². The smallest absolute Gasteiger partial charge is 0.416 e. The fourth-order valence-corrected chi connectivity index (χ4v) is 2.30. The SMILES string of the molecule is O=C(/C=C/c1cccc(C(F)(F)F)c1)Nc1ccc2c(c1)OCCO2. The Kier molecular flexibility index (Phi) is 4.65. The highest BCUT2D eigenvalue weighted by Crippen LogP contribution is 2.32. The van der Waals surface area contributed by atoms with Gasteiger partial charge in [-0.05, 0) is 35.9 Å². The van der Waals surface area contributed by atoms with Crippen LogP contribution in [-0.2, 0) is 11.0 Å². The summed E-state index contributed by atoms with van der Waals surface area (Å²) in [5, 5.41) is 2.62. The van der Waals surface area contributed by atoms with Crippen LogP contribution in [0.15, 0.2) is 48.5 Å². The van der Waals surface area contributed by atoms with E-state index in [2.05, 4.69) is 5.32 Å². The van der Waals surface area contributed by atoms with Crippen molar-refractivity contribution < 1.29 is 27.4 Å². The third-order valence-electron chi connectivity index (χ3n) is 3.45. The van der Waals surface area contributed by atoms with Gasteiger partial charge in [0, 0.05) is 17.8 Å². The second-order valence-electron chi connectivity index (χ2n) is 5.30. The number of benzene rings is 2. The van der Waals surface area contributed by atoms with Crippen molar-refractivity contribution >= 4 is 17.7 Å². The Labute approximate surface area is 141 Å². The standard InChI is InChI=1S/C18H14F3NO3/c19-18(20,21)13-3-1-2-12(10-13)4-7-17(23)22-14-5-6-15-16(11-14)25-9-8-24-15/h1-7,10-11H,8-9H2,(H,22,23)/b7-4+. The number of hydrogen-bond donors (Lipinski definition) is 1. The molecule has 2 aromatic carbocycles. The summed E-state index contributed by atoms with van der Waals surface area (Å²) < 4.78 is 48.8. The summed E-state index contributed by atoms with van der Waals surface area (Å²) in [6.45, 7) is 0.901. The largest absolute Gasteiger partial charge is 0.486 e. The van der Waals surface area contributed by atoms with E-state index in [1.807, 2.05) is 0 Å². The number of hydrogen-bond acceptors (Lipinski definition) is 3. The number of carbonyl (C=O) groups is 1. The van der Waals surface area contributed by atoms with Crippen molar-refractivity contribution in [2.24, 2.45) is 0 Å². The molecule has 0 saturated heterocycles. The van der Waals surface area contributed by atoms with E-state index in [0.717, 1.165) is 12.1 Å². The highest BCUT2D eigenvalue weighted by Gasteiger charge is 2.30. The molecule has 1 aliphatic heterocycles. The maximum atomic E-state index is 12.7. The molecule has 0 bridgehead atoms. The molecule has 0 saturated carbocycles. The normalized spacial score (nSPS) is 13.7. The molecule has 0 aliphatic carbocycles. The van der Waals surface area contributed by atoms with Crippen molar-refractivity contribution in [3.63, 3.8) is 0 Å². The molecule has 1 amide bonds. The van der Waals surface area contributed by atoms with Crippen LogP contribution in [0.3, 0.4) is 0 Å². The van der Waals surface area contributed by atoms with Gasteiger partial charge in [-0.15, -0.1) is 0 Å². The zero-order valence-electron chi connectivity index (χ0n) is 13.0. The third kappa shape index (κ3) is 4.32. The summed E-state index contributed by atoms with van der Waals surface area (Å²) in [4.78, 5) is 11.9. The molecule has 1 aliphatic rings. The summed E-state index contributed by atoms with van der Waals surface area (Å²) in [6, 6.07) is 9.71. The van der Waals surface area contributed by atoms with Gasteiger partial charge in [0.15, 0.2) is 11.5 Å². The molecule has 0 spiro atoms. The Morgan fingerprint density at radius 3 is 2.56 bits per heavy atom. The zero-order valence-corrected chi connectivity index (χ0v) is 13.0. The van der Waals surface area contributed by atoms with Crippen molar-refractivity contribution in [3.05, 3.63) is 59.7 Å². The van der Waals surface area contributed by atoms with E-state index >= 15 is 0 Å². The van der Waals surface area contributed by atoms with E-state index in [9.17, 15) is 18.0 Å². The molecular weight excluding hydrogens is 335 g/mol. The molecule has 1 N–H and O–H groups in total. The lowest BCUT2D eigenvalue weighted by Crippen LogP contribution is -2.16. The van der Waals surface area contributed by atoms with E-state index < -0.39 is 17.6 Å². The highest BCUT2D eigenvalue weighted by molar-refractivity contribution is 6.02. The van der Waals surface area contributed by atoms with Gasteiger partial charge >= 0.3 is 6.18 Å². The first kappa shape index (κ1) is 16.9. The first-order valence-electron chi connectivity index (χ1n) is 7.48. The van der Waals surface area contributed by atoms with Crippen LogP contribution in [0, 0.1) is 0 Å². The molecule has 0 unspecified atom stereocenters. The molecule has 1 heterocycles. The molecule has 25 heavy (non-hydrogen) atoms. The predicted molar refractivity (Wildman–Crippen MR) is 86.5 cm³/mol. The minimum atomic E-state index is -4.42. The second-order valence-corrected chi connectivity index (χ2v) is 5.30. The van der Waals surface area contributed by atoms with Crippen molar-refractivity contribution in [1.82, 2.24) is 0 Å². The molecule has 130 valence electrons. The van der Waals surface area contributed by atoms with Gasteiger partial charge in [-0.1, -0.05) is 12.1 Å².